The van der Waals surface area contributed by atoms with Gasteiger partial charge in [-0.3, -0.25) is 4.79 Å². The first-order valence-corrected chi connectivity index (χ1v) is 14.2. The summed E-state index contributed by atoms with van der Waals surface area (Å²) in [5.41, 5.74) is 4.06. The predicted molar refractivity (Wildman–Crippen MR) is 151 cm³/mol. The Hall–Kier alpha value is -2.24. The van der Waals surface area contributed by atoms with Crippen LogP contribution in [0.2, 0.25) is 10.0 Å². The van der Waals surface area contributed by atoms with Gasteiger partial charge in [-0.1, -0.05) is 62.2 Å². The van der Waals surface area contributed by atoms with Crippen LogP contribution in [0.25, 0.3) is 0 Å². The lowest BCUT2D eigenvalue weighted by atomic mass is 9.62. The van der Waals surface area contributed by atoms with Gasteiger partial charge in [0, 0.05) is 28.6 Å². The third-order valence-electron chi connectivity index (χ3n) is 8.26. The first-order valence-electron chi connectivity index (χ1n) is 13.5. The number of nitrogens with two attached hydrogens (primary N) is 1. The first-order chi connectivity index (χ1) is 18.4. The number of nitrogens with one attached hydrogen (secondary N) is 2. The minimum atomic E-state index is -1.63. The fraction of sp³-hybridized carbons (Fsp3) is 0.533. The number of benzene rings is 2. The van der Waals surface area contributed by atoms with Gasteiger partial charge >= 0.3 is 0 Å². The summed E-state index contributed by atoms with van der Waals surface area (Å²) in [7, 11) is 0. The molecule has 0 spiro atoms. The molecule has 5 nitrogen and oxygen atoms in total. The van der Waals surface area contributed by atoms with Crippen LogP contribution in [-0.2, 0) is 10.2 Å². The molecule has 1 saturated carbocycles. The molecule has 1 aliphatic heterocycles. The van der Waals surface area contributed by atoms with Crippen molar-refractivity contribution in [1.29, 1.82) is 5.26 Å². The number of carbonyl (C=O) groups excluding carboxylic acids is 1. The highest BCUT2D eigenvalue weighted by molar-refractivity contribution is 6.31. The van der Waals surface area contributed by atoms with Gasteiger partial charge in [-0.2, -0.15) is 5.26 Å². The lowest BCUT2D eigenvalue weighted by molar-refractivity contribution is -0.124. The maximum absolute atomic E-state index is 15.7. The molecule has 1 aliphatic carbocycles. The topological polar surface area (TPSA) is 90.9 Å². The number of nitrogens with zero attached hydrogens (tertiary/aromatic N) is 1. The Bertz CT molecular complexity index is 1250. The van der Waals surface area contributed by atoms with E-state index in [9.17, 15) is 10.1 Å². The summed E-state index contributed by atoms with van der Waals surface area (Å²) in [6.07, 6.45) is 3.83. The van der Waals surface area contributed by atoms with Gasteiger partial charge in [-0.05, 0) is 73.7 Å². The van der Waals surface area contributed by atoms with Crippen molar-refractivity contribution < 1.29 is 13.6 Å². The number of hydrogen-bond donors (Lipinski definition) is 3. The average Bonchev–Trinajstić information content (AvgIpc) is 3.19. The van der Waals surface area contributed by atoms with E-state index in [-0.39, 0.29) is 38.5 Å². The van der Waals surface area contributed by atoms with Gasteiger partial charge in [-0.25, -0.2) is 8.78 Å². The fourth-order valence-corrected chi connectivity index (χ4v) is 6.73. The minimum Gasteiger partial charge on any atom is -0.352 e. The van der Waals surface area contributed by atoms with Crippen LogP contribution in [0.15, 0.2) is 36.4 Å². The molecule has 0 radical (unpaired) electrons. The van der Waals surface area contributed by atoms with E-state index in [1.807, 2.05) is 20.8 Å². The molecular weight excluding hydrogens is 541 g/mol. The lowest BCUT2D eigenvalue weighted by Crippen LogP contribution is -2.49. The first kappa shape index (κ1) is 29.7. The SMILES string of the molecule is CC(C)(C)CC1NC(C(=O)NC2CCC(CN)CC2)C(c2cccc(Cl)c2F)C1(C#N)c1ccc(Cl)cc1F. The molecule has 2 aromatic carbocycles. The molecule has 2 fully saturated rings. The van der Waals surface area contributed by atoms with Crippen molar-refractivity contribution in [3.8, 4) is 6.07 Å². The second-order valence-electron chi connectivity index (χ2n) is 12.1. The van der Waals surface area contributed by atoms with Crippen molar-refractivity contribution in [3.05, 3.63) is 69.2 Å². The molecule has 1 amide bonds. The van der Waals surface area contributed by atoms with Crippen molar-refractivity contribution in [2.24, 2.45) is 17.1 Å². The quantitative estimate of drug-likeness (QED) is 0.380. The molecule has 4 atom stereocenters. The smallest absolute Gasteiger partial charge is 0.238 e. The molecular formula is C30H36Cl2F2N4O. The van der Waals surface area contributed by atoms with E-state index < -0.39 is 35.1 Å². The molecule has 210 valence electrons. The molecule has 4 N–H and O–H groups in total. The third kappa shape index (κ3) is 5.95. The summed E-state index contributed by atoms with van der Waals surface area (Å²) in [6.45, 7) is 6.64. The fourth-order valence-electron chi connectivity index (χ4n) is 6.39. The summed E-state index contributed by atoms with van der Waals surface area (Å²) < 4.78 is 31.4. The summed E-state index contributed by atoms with van der Waals surface area (Å²) in [6, 6.07) is 9.30. The molecule has 4 unspecified atom stereocenters. The van der Waals surface area contributed by atoms with E-state index in [0.717, 1.165) is 31.7 Å². The highest BCUT2D eigenvalue weighted by Crippen LogP contribution is 2.52. The summed E-state index contributed by atoms with van der Waals surface area (Å²) >= 11 is 12.3. The standard InChI is InChI=1S/C30H36Cl2F2N4O/c1-29(2,3)14-24-30(16-36,21-12-9-18(31)13-23(21)33)25(20-5-4-6-22(32)26(20)34)27(38-24)28(39)37-19-10-7-17(15-35)8-11-19/h4-6,9,12-13,17,19,24-25,27,38H,7-8,10-11,14-15,35H2,1-3H3,(H,37,39). The predicted octanol–water partition coefficient (Wildman–Crippen LogP) is 6.23. The highest BCUT2D eigenvalue weighted by Gasteiger charge is 2.61. The third-order valence-corrected chi connectivity index (χ3v) is 8.79. The molecule has 0 aromatic heterocycles. The van der Waals surface area contributed by atoms with Crippen LogP contribution in [0.4, 0.5) is 8.78 Å². The van der Waals surface area contributed by atoms with Crippen LogP contribution >= 0.6 is 23.2 Å². The van der Waals surface area contributed by atoms with E-state index in [2.05, 4.69) is 16.7 Å². The van der Waals surface area contributed by atoms with Gasteiger partial charge in [0.15, 0.2) is 0 Å². The Morgan fingerprint density at radius 3 is 2.46 bits per heavy atom. The van der Waals surface area contributed by atoms with Crippen molar-refractivity contribution in [3.63, 3.8) is 0 Å². The van der Waals surface area contributed by atoms with Crippen molar-refractivity contribution in [1.82, 2.24) is 10.6 Å². The Balaban J connectivity index is 1.86. The van der Waals surface area contributed by atoms with E-state index >= 15 is 8.78 Å². The van der Waals surface area contributed by atoms with E-state index in [1.54, 1.807) is 6.07 Å². The summed E-state index contributed by atoms with van der Waals surface area (Å²) in [5.74, 6) is -2.38. The van der Waals surface area contributed by atoms with Gasteiger partial charge in [0.2, 0.25) is 5.91 Å². The van der Waals surface area contributed by atoms with E-state index in [1.165, 1.54) is 24.3 Å². The number of rotatable bonds is 6. The molecule has 2 aliphatic rings. The van der Waals surface area contributed by atoms with Crippen molar-refractivity contribution in [2.75, 3.05) is 6.54 Å². The van der Waals surface area contributed by atoms with Crippen LogP contribution in [0, 0.1) is 34.3 Å². The van der Waals surface area contributed by atoms with Crippen LogP contribution in [0.1, 0.15) is 69.9 Å². The van der Waals surface area contributed by atoms with Crippen LogP contribution in [-0.4, -0.2) is 30.6 Å². The second-order valence-corrected chi connectivity index (χ2v) is 13.0. The average molecular weight is 578 g/mol. The van der Waals surface area contributed by atoms with Crippen LogP contribution in [0.3, 0.4) is 0 Å². The normalized spacial score (nSPS) is 29.2. The monoisotopic (exact) mass is 576 g/mol. The largest absolute Gasteiger partial charge is 0.352 e. The maximum Gasteiger partial charge on any atom is 0.238 e. The summed E-state index contributed by atoms with van der Waals surface area (Å²) in [5, 5.41) is 17.5. The molecule has 39 heavy (non-hydrogen) atoms. The Morgan fingerprint density at radius 2 is 1.87 bits per heavy atom. The van der Waals surface area contributed by atoms with Gasteiger partial charge in [0.25, 0.3) is 0 Å². The molecule has 0 bridgehead atoms. The molecule has 1 saturated heterocycles. The molecule has 1 heterocycles. The maximum atomic E-state index is 15.7. The van der Waals surface area contributed by atoms with Crippen molar-refractivity contribution >= 4 is 29.1 Å². The van der Waals surface area contributed by atoms with Gasteiger partial charge in [0.1, 0.15) is 17.0 Å². The summed E-state index contributed by atoms with van der Waals surface area (Å²) in [4.78, 5) is 14.0. The Kier molecular flexibility index (Phi) is 8.92. The van der Waals surface area contributed by atoms with Crippen molar-refractivity contribution in [2.45, 2.75) is 82.3 Å². The van der Waals surface area contributed by atoms with Crippen LogP contribution < -0.4 is 16.4 Å². The number of hydrogen-bond acceptors (Lipinski definition) is 4. The Morgan fingerprint density at radius 1 is 1.18 bits per heavy atom. The van der Waals surface area contributed by atoms with E-state index in [0.29, 0.717) is 18.9 Å². The molecule has 9 heteroatoms. The minimum absolute atomic E-state index is 0.0580. The zero-order chi connectivity index (χ0) is 28.5. The Labute approximate surface area is 239 Å². The van der Waals surface area contributed by atoms with Crippen LogP contribution in [0.5, 0.6) is 0 Å². The lowest BCUT2D eigenvalue weighted by Gasteiger charge is -2.37. The number of nitriles is 1. The van der Waals surface area contributed by atoms with E-state index in [4.69, 9.17) is 28.9 Å². The van der Waals surface area contributed by atoms with Gasteiger partial charge < -0.3 is 16.4 Å². The molecule has 4 rings (SSSR count). The number of amides is 1. The number of carbonyl (C=O) groups is 1. The highest BCUT2D eigenvalue weighted by atomic mass is 35.5. The number of halogens is 4. The second kappa shape index (κ2) is 11.7. The zero-order valence-corrected chi connectivity index (χ0v) is 24.1. The van der Waals surface area contributed by atoms with Gasteiger partial charge in [-0.15, -0.1) is 0 Å². The zero-order valence-electron chi connectivity index (χ0n) is 22.5. The van der Waals surface area contributed by atoms with Gasteiger partial charge in [0.05, 0.1) is 17.1 Å². The molecule has 2 aromatic rings.